The fraction of sp³-hybridized carbons (Fsp3) is 0.179. The summed E-state index contributed by atoms with van der Waals surface area (Å²) >= 11 is 0. The highest BCUT2D eigenvalue weighted by atomic mass is 16.5. The van der Waals surface area contributed by atoms with Gasteiger partial charge in [-0.1, -0.05) is 66.7 Å². The molecule has 0 bridgehead atoms. The number of nitriles is 1. The molecule has 0 aliphatic rings. The Morgan fingerprint density at radius 1 is 0.970 bits per heavy atom. The Hall–Kier alpha value is -4.17. The lowest BCUT2D eigenvalue weighted by atomic mass is 9.65. The average molecular weight is 437 g/mol. The number of hydrogen-bond acceptors (Lipinski definition) is 5. The largest absolute Gasteiger partial charge is 0.496 e. The number of benzene rings is 3. The first kappa shape index (κ1) is 22.0. The summed E-state index contributed by atoms with van der Waals surface area (Å²) in [7, 11) is 2.91. The zero-order valence-corrected chi connectivity index (χ0v) is 18.6. The van der Waals surface area contributed by atoms with E-state index in [9.17, 15) is 10.1 Å². The molecule has 0 fully saturated rings. The average Bonchev–Trinajstić information content (AvgIpc) is 2.88. The molecular formula is C28H24N2O3. The first-order valence-corrected chi connectivity index (χ1v) is 10.6. The molecule has 2 atom stereocenters. The lowest BCUT2D eigenvalue weighted by Gasteiger charge is -2.35. The second-order valence-electron chi connectivity index (χ2n) is 7.86. The number of ether oxygens (including phenoxy) is 2. The molecule has 0 aliphatic carbocycles. The van der Waals surface area contributed by atoms with Gasteiger partial charge in [0.15, 0.2) is 5.41 Å². The fourth-order valence-corrected chi connectivity index (χ4v) is 4.55. The van der Waals surface area contributed by atoms with Gasteiger partial charge in [-0.2, -0.15) is 5.26 Å². The highest BCUT2D eigenvalue weighted by Gasteiger charge is 2.50. The van der Waals surface area contributed by atoms with E-state index in [1.165, 1.54) is 7.11 Å². The standard InChI is InChI=1S/C28H24N2O3/c1-32-25-15-6-5-13-24(25)26(23-14-7-11-21-10-3-4-12-22(21)23)28(19-29,27(31)33-2)17-20-9-8-16-30-18-20/h3-16,18,26H,17H2,1-2H3. The number of nitrogens with zero attached hydrogens (tertiary/aromatic N) is 2. The summed E-state index contributed by atoms with van der Waals surface area (Å²) in [5.41, 5.74) is 0.807. The van der Waals surface area contributed by atoms with Crippen molar-refractivity contribution in [1.29, 1.82) is 5.26 Å². The third kappa shape index (κ3) is 4.04. The van der Waals surface area contributed by atoms with E-state index in [4.69, 9.17) is 9.47 Å². The normalized spacial score (nSPS) is 13.5. The van der Waals surface area contributed by atoms with Crippen LogP contribution >= 0.6 is 0 Å². The summed E-state index contributed by atoms with van der Waals surface area (Å²) in [5.74, 6) is -0.653. The first-order chi connectivity index (χ1) is 16.1. The van der Waals surface area contributed by atoms with Crippen LogP contribution in [0.2, 0.25) is 0 Å². The van der Waals surface area contributed by atoms with Gasteiger partial charge in [0.05, 0.1) is 20.3 Å². The number of carbonyl (C=O) groups is 1. The van der Waals surface area contributed by atoms with Crippen LogP contribution in [0.4, 0.5) is 0 Å². The molecule has 5 heteroatoms. The van der Waals surface area contributed by atoms with E-state index in [1.54, 1.807) is 25.6 Å². The van der Waals surface area contributed by atoms with Crippen LogP contribution < -0.4 is 4.74 Å². The molecule has 0 spiro atoms. The van der Waals surface area contributed by atoms with Gasteiger partial charge < -0.3 is 9.47 Å². The topological polar surface area (TPSA) is 72.2 Å². The molecule has 0 amide bonds. The van der Waals surface area contributed by atoms with Crippen molar-refractivity contribution in [2.45, 2.75) is 12.3 Å². The van der Waals surface area contributed by atoms with Crippen LogP contribution in [-0.4, -0.2) is 25.2 Å². The van der Waals surface area contributed by atoms with Gasteiger partial charge in [0, 0.05) is 30.3 Å². The van der Waals surface area contributed by atoms with Gasteiger partial charge in [0.2, 0.25) is 0 Å². The van der Waals surface area contributed by atoms with Gasteiger partial charge in [-0.05, 0) is 34.0 Å². The maximum Gasteiger partial charge on any atom is 0.327 e. The van der Waals surface area contributed by atoms with Gasteiger partial charge in [0.25, 0.3) is 0 Å². The molecule has 5 nitrogen and oxygen atoms in total. The number of methoxy groups -OCH3 is 2. The summed E-state index contributed by atoms with van der Waals surface area (Å²) in [6, 6.07) is 27.4. The van der Waals surface area contributed by atoms with E-state index in [1.807, 2.05) is 72.8 Å². The van der Waals surface area contributed by atoms with Crippen LogP contribution in [0.25, 0.3) is 10.8 Å². The molecular weight excluding hydrogens is 412 g/mol. The van der Waals surface area contributed by atoms with E-state index in [2.05, 4.69) is 11.1 Å². The van der Waals surface area contributed by atoms with Crippen molar-refractivity contribution in [3.63, 3.8) is 0 Å². The predicted molar refractivity (Wildman–Crippen MR) is 127 cm³/mol. The highest BCUT2D eigenvalue weighted by Crippen LogP contribution is 2.48. The summed E-state index contributed by atoms with van der Waals surface area (Å²) in [4.78, 5) is 17.7. The third-order valence-corrected chi connectivity index (χ3v) is 6.03. The predicted octanol–water partition coefficient (Wildman–Crippen LogP) is 5.30. The quantitative estimate of drug-likeness (QED) is 0.368. The van der Waals surface area contributed by atoms with Gasteiger partial charge in [-0.3, -0.25) is 9.78 Å². The number of hydrogen-bond donors (Lipinski definition) is 0. The summed E-state index contributed by atoms with van der Waals surface area (Å²) in [6.07, 6.45) is 3.48. The van der Waals surface area contributed by atoms with Crippen LogP contribution in [0.15, 0.2) is 91.3 Å². The van der Waals surface area contributed by atoms with Gasteiger partial charge >= 0.3 is 5.97 Å². The SMILES string of the molecule is COC(=O)C(C#N)(Cc1cccnc1)C(c1ccccc1OC)c1cccc2ccccc12. The van der Waals surface area contributed by atoms with Crippen molar-refractivity contribution in [3.05, 3.63) is 108 Å². The molecule has 33 heavy (non-hydrogen) atoms. The summed E-state index contributed by atoms with van der Waals surface area (Å²) < 4.78 is 11.0. The van der Waals surface area contributed by atoms with Gasteiger partial charge in [0.1, 0.15) is 5.75 Å². The van der Waals surface area contributed by atoms with Crippen LogP contribution in [0.5, 0.6) is 5.75 Å². The fourth-order valence-electron chi connectivity index (χ4n) is 4.55. The molecule has 164 valence electrons. The molecule has 4 rings (SSSR count). The molecule has 0 radical (unpaired) electrons. The number of pyridine rings is 1. The second-order valence-corrected chi connectivity index (χ2v) is 7.86. The highest BCUT2D eigenvalue weighted by molar-refractivity contribution is 5.90. The van der Waals surface area contributed by atoms with Crippen molar-refractivity contribution in [3.8, 4) is 11.8 Å². The lowest BCUT2D eigenvalue weighted by molar-refractivity contribution is -0.150. The van der Waals surface area contributed by atoms with Crippen molar-refractivity contribution < 1.29 is 14.3 Å². The minimum atomic E-state index is -1.56. The lowest BCUT2D eigenvalue weighted by Crippen LogP contribution is -2.40. The Bertz CT molecular complexity index is 1310. The Labute approximate surface area is 193 Å². The number of esters is 1. The smallest absolute Gasteiger partial charge is 0.327 e. The molecule has 0 N–H and O–H groups in total. The molecule has 3 aromatic carbocycles. The van der Waals surface area contributed by atoms with Crippen molar-refractivity contribution >= 4 is 16.7 Å². The molecule has 1 heterocycles. The number of rotatable bonds is 7. The Balaban J connectivity index is 2.07. The maximum absolute atomic E-state index is 13.5. The van der Waals surface area contributed by atoms with Crippen molar-refractivity contribution in [2.75, 3.05) is 14.2 Å². The summed E-state index contributed by atoms with van der Waals surface area (Å²) in [6.45, 7) is 0. The zero-order chi connectivity index (χ0) is 23.3. The van der Waals surface area contributed by atoms with Crippen molar-refractivity contribution in [1.82, 2.24) is 4.98 Å². The molecule has 0 saturated carbocycles. The van der Waals surface area contributed by atoms with E-state index >= 15 is 0 Å². The molecule has 2 unspecified atom stereocenters. The van der Waals surface area contributed by atoms with Crippen LogP contribution in [0.3, 0.4) is 0 Å². The first-order valence-electron chi connectivity index (χ1n) is 10.6. The Morgan fingerprint density at radius 3 is 2.42 bits per heavy atom. The zero-order valence-electron chi connectivity index (χ0n) is 18.6. The molecule has 0 saturated heterocycles. The molecule has 4 aromatic rings. The van der Waals surface area contributed by atoms with E-state index < -0.39 is 17.3 Å². The minimum absolute atomic E-state index is 0.135. The minimum Gasteiger partial charge on any atom is -0.496 e. The van der Waals surface area contributed by atoms with E-state index in [0.29, 0.717) is 5.75 Å². The molecule has 0 aliphatic heterocycles. The van der Waals surface area contributed by atoms with E-state index in [0.717, 1.165) is 27.5 Å². The number of carbonyl (C=O) groups excluding carboxylic acids is 1. The summed E-state index contributed by atoms with van der Waals surface area (Å²) in [5, 5.41) is 12.6. The van der Waals surface area contributed by atoms with Gasteiger partial charge in [-0.25, -0.2) is 0 Å². The molecule has 1 aromatic heterocycles. The van der Waals surface area contributed by atoms with Crippen LogP contribution in [0, 0.1) is 16.7 Å². The second kappa shape index (κ2) is 9.54. The maximum atomic E-state index is 13.5. The van der Waals surface area contributed by atoms with Crippen molar-refractivity contribution in [2.24, 2.45) is 5.41 Å². The van der Waals surface area contributed by atoms with Crippen LogP contribution in [-0.2, 0) is 16.0 Å². The monoisotopic (exact) mass is 436 g/mol. The number of aromatic nitrogens is 1. The Morgan fingerprint density at radius 2 is 1.70 bits per heavy atom. The van der Waals surface area contributed by atoms with Crippen LogP contribution in [0.1, 0.15) is 22.6 Å². The Kier molecular flexibility index (Phi) is 6.37. The number of para-hydroxylation sites is 1. The van der Waals surface area contributed by atoms with E-state index in [-0.39, 0.29) is 6.42 Å². The number of fused-ring (bicyclic) bond motifs is 1. The van der Waals surface area contributed by atoms with Gasteiger partial charge in [-0.15, -0.1) is 0 Å². The third-order valence-electron chi connectivity index (χ3n) is 6.03.